The minimum Gasteiger partial charge on any atom is -0.392 e. The standard InChI is InChI=1S/C15H16ClNO/c1-11(12-6-4-7-14(16)9-12)17-15-8-3-2-5-13(15)10-18/h2-9,11,17-18H,10H2,1H3. The van der Waals surface area contributed by atoms with Crippen molar-refractivity contribution in [2.24, 2.45) is 0 Å². The Kier molecular flexibility index (Phi) is 4.24. The Labute approximate surface area is 112 Å². The molecular formula is C15H16ClNO. The van der Waals surface area contributed by atoms with E-state index in [1.807, 2.05) is 48.5 Å². The Balaban J connectivity index is 2.18. The first kappa shape index (κ1) is 12.9. The second-order valence-corrected chi connectivity index (χ2v) is 4.67. The van der Waals surface area contributed by atoms with Crippen molar-refractivity contribution in [3.63, 3.8) is 0 Å². The zero-order valence-electron chi connectivity index (χ0n) is 10.2. The third-order valence-electron chi connectivity index (χ3n) is 2.91. The molecule has 2 aromatic carbocycles. The van der Waals surface area contributed by atoms with E-state index in [4.69, 9.17) is 11.6 Å². The highest BCUT2D eigenvalue weighted by Gasteiger charge is 2.07. The number of nitrogens with one attached hydrogen (secondary N) is 1. The molecule has 0 heterocycles. The first-order valence-electron chi connectivity index (χ1n) is 5.91. The molecule has 0 aliphatic rings. The largest absolute Gasteiger partial charge is 0.392 e. The Morgan fingerprint density at radius 3 is 2.67 bits per heavy atom. The fourth-order valence-electron chi connectivity index (χ4n) is 1.89. The van der Waals surface area contributed by atoms with E-state index in [2.05, 4.69) is 12.2 Å². The molecule has 2 N–H and O–H groups in total. The van der Waals surface area contributed by atoms with Gasteiger partial charge in [-0.25, -0.2) is 0 Å². The highest BCUT2D eigenvalue weighted by molar-refractivity contribution is 6.30. The van der Waals surface area contributed by atoms with E-state index in [0.717, 1.165) is 21.8 Å². The van der Waals surface area contributed by atoms with Crippen molar-refractivity contribution in [1.82, 2.24) is 0 Å². The van der Waals surface area contributed by atoms with Crippen LogP contribution < -0.4 is 5.32 Å². The smallest absolute Gasteiger partial charge is 0.0701 e. The molecule has 2 rings (SSSR count). The normalized spacial score (nSPS) is 12.2. The van der Waals surface area contributed by atoms with Crippen LogP contribution in [0.15, 0.2) is 48.5 Å². The van der Waals surface area contributed by atoms with Gasteiger partial charge >= 0.3 is 0 Å². The number of aliphatic hydroxyl groups is 1. The van der Waals surface area contributed by atoms with Gasteiger partial charge in [0.1, 0.15) is 0 Å². The van der Waals surface area contributed by atoms with Gasteiger partial charge in [0, 0.05) is 22.3 Å². The van der Waals surface area contributed by atoms with Crippen LogP contribution in [-0.2, 0) is 6.61 Å². The summed E-state index contributed by atoms with van der Waals surface area (Å²) in [6.07, 6.45) is 0. The van der Waals surface area contributed by atoms with Gasteiger partial charge in [-0.3, -0.25) is 0 Å². The highest BCUT2D eigenvalue weighted by Crippen LogP contribution is 2.24. The number of rotatable bonds is 4. The molecule has 3 heteroatoms. The molecule has 0 aliphatic heterocycles. The van der Waals surface area contributed by atoms with E-state index in [-0.39, 0.29) is 12.6 Å². The SMILES string of the molecule is CC(Nc1ccccc1CO)c1cccc(Cl)c1. The lowest BCUT2D eigenvalue weighted by Gasteiger charge is -2.18. The number of anilines is 1. The molecule has 0 fully saturated rings. The van der Waals surface area contributed by atoms with Gasteiger partial charge < -0.3 is 10.4 Å². The topological polar surface area (TPSA) is 32.3 Å². The molecule has 1 atom stereocenters. The first-order chi connectivity index (χ1) is 8.70. The fourth-order valence-corrected chi connectivity index (χ4v) is 2.09. The molecule has 0 radical (unpaired) electrons. The monoisotopic (exact) mass is 261 g/mol. The average molecular weight is 262 g/mol. The van der Waals surface area contributed by atoms with E-state index >= 15 is 0 Å². The van der Waals surface area contributed by atoms with Crippen LogP contribution in [0.1, 0.15) is 24.1 Å². The van der Waals surface area contributed by atoms with Crippen molar-refractivity contribution < 1.29 is 5.11 Å². The molecular weight excluding hydrogens is 246 g/mol. The van der Waals surface area contributed by atoms with Crippen molar-refractivity contribution in [3.05, 3.63) is 64.7 Å². The maximum Gasteiger partial charge on any atom is 0.0701 e. The van der Waals surface area contributed by atoms with Crippen LogP contribution in [-0.4, -0.2) is 5.11 Å². The zero-order valence-corrected chi connectivity index (χ0v) is 11.0. The molecule has 0 bridgehead atoms. The lowest BCUT2D eigenvalue weighted by atomic mass is 10.1. The summed E-state index contributed by atoms with van der Waals surface area (Å²) in [5.41, 5.74) is 2.97. The molecule has 2 aromatic rings. The molecule has 0 aromatic heterocycles. The van der Waals surface area contributed by atoms with Gasteiger partial charge in [0.25, 0.3) is 0 Å². The summed E-state index contributed by atoms with van der Waals surface area (Å²) in [4.78, 5) is 0. The van der Waals surface area contributed by atoms with Gasteiger partial charge in [0.15, 0.2) is 0 Å². The lowest BCUT2D eigenvalue weighted by Crippen LogP contribution is -2.08. The Hall–Kier alpha value is -1.51. The summed E-state index contributed by atoms with van der Waals surface area (Å²) in [5, 5.41) is 13.4. The summed E-state index contributed by atoms with van der Waals surface area (Å²) in [7, 11) is 0. The quantitative estimate of drug-likeness (QED) is 0.872. The van der Waals surface area contributed by atoms with Crippen molar-refractivity contribution in [2.45, 2.75) is 19.6 Å². The van der Waals surface area contributed by atoms with Gasteiger partial charge in [0.2, 0.25) is 0 Å². The van der Waals surface area contributed by atoms with Gasteiger partial charge in [-0.15, -0.1) is 0 Å². The minimum atomic E-state index is 0.0332. The zero-order chi connectivity index (χ0) is 13.0. The third kappa shape index (κ3) is 3.03. The van der Waals surface area contributed by atoms with Gasteiger partial charge in [-0.1, -0.05) is 41.9 Å². The van der Waals surface area contributed by atoms with Crippen LogP contribution in [0.5, 0.6) is 0 Å². The van der Waals surface area contributed by atoms with Crippen molar-refractivity contribution >= 4 is 17.3 Å². The number of hydrogen-bond acceptors (Lipinski definition) is 2. The van der Waals surface area contributed by atoms with E-state index in [1.54, 1.807) is 0 Å². The molecule has 0 spiro atoms. The molecule has 2 nitrogen and oxygen atoms in total. The second kappa shape index (κ2) is 5.89. The van der Waals surface area contributed by atoms with Gasteiger partial charge in [-0.05, 0) is 30.7 Å². The maximum atomic E-state index is 9.28. The molecule has 18 heavy (non-hydrogen) atoms. The molecule has 0 saturated carbocycles. The predicted molar refractivity (Wildman–Crippen MR) is 75.9 cm³/mol. The molecule has 1 unspecified atom stereocenters. The van der Waals surface area contributed by atoms with E-state index < -0.39 is 0 Å². The summed E-state index contributed by atoms with van der Waals surface area (Å²) in [6.45, 7) is 2.10. The molecule has 0 aliphatic carbocycles. The van der Waals surface area contributed by atoms with Gasteiger partial charge in [0.05, 0.1) is 6.61 Å². The minimum absolute atomic E-state index is 0.0332. The van der Waals surface area contributed by atoms with Crippen LogP contribution in [0.25, 0.3) is 0 Å². The number of para-hydroxylation sites is 1. The first-order valence-corrected chi connectivity index (χ1v) is 6.29. The predicted octanol–water partition coefficient (Wildman–Crippen LogP) is 4.01. The van der Waals surface area contributed by atoms with Crippen molar-refractivity contribution in [1.29, 1.82) is 0 Å². The Morgan fingerprint density at radius 2 is 1.94 bits per heavy atom. The molecule has 0 amide bonds. The Bertz CT molecular complexity index is 527. The summed E-state index contributed by atoms with van der Waals surface area (Å²) in [5.74, 6) is 0. The molecule has 0 saturated heterocycles. The van der Waals surface area contributed by atoms with E-state index in [1.165, 1.54) is 0 Å². The van der Waals surface area contributed by atoms with Crippen LogP contribution in [0, 0.1) is 0 Å². The highest BCUT2D eigenvalue weighted by atomic mass is 35.5. The lowest BCUT2D eigenvalue weighted by molar-refractivity contribution is 0.282. The summed E-state index contributed by atoms with van der Waals surface area (Å²) < 4.78 is 0. The van der Waals surface area contributed by atoms with Crippen LogP contribution in [0.3, 0.4) is 0 Å². The number of benzene rings is 2. The second-order valence-electron chi connectivity index (χ2n) is 4.24. The number of hydrogen-bond donors (Lipinski definition) is 2. The summed E-state index contributed by atoms with van der Waals surface area (Å²) >= 11 is 5.98. The van der Waals surface area contributed by atoms with E-state index in [0.29, 0.717) is 0 Å². The number of aliphatic hydroxyl groups excluding tert-OH is 1. The van der Waals surface area contributed by atoms with Crippen LogP contribution >= 0.6 is 11.6 Å². The number of halogens is 1. The van der Waals surface area contributed by atoms with E-state index in [9.17, 15) is 5.11 Å². The maximum absolute atomic E-state index is 9.28. The van der Waals surface area contributed by atoms with Crippen LogP contribution in [0.2, 0.25) is 5.02 Å². The van der Waals surface area contributed by atoms with Crippen molar-refractivity contribution in [2.75, 3.05) is 5.32 Å². The fraction of sp³-hybridized carbons (Fsp3) is 0.200. The average Bonchev–Trinajstić information content (AvgIpc) is 2.39. The Morgan fingerprint density at radius 1 is 1.17 bits per heavy atom. The van der Waals surface area contributed by atoms with Gasteiger partial charge in [-0.2, -0.15) is 0 Å². The summed E-state index contributed by atoms with van der Waals surface area (Å²) in [6, 6.07) is 15.7. The van der Waals surface area contributed by atoms with Crippen LogP contribution in [0.4, 0.5) is 5.69 Å². The van der Waals surface area contributed by atoms with Crippen molar-refractivity contribution in [3.8, 4) is 0 Å². The third-order valence-corrected chi connectivity index (χ3v) is 3.14. The molecule has 94 valence electrons.